The van der Waals surface area contributed by atoms with Crippen molar-refractivity contribution in [2.75, 3.05) is 24.5 Å². The van der Waals surface area contributed by atoms with Crippen molar-refractivity contribution in [3.05, 3.63) is 29.8 Å². The quantitative estimate of drug-likeness (QED) is 0.688. The number of hydrogen-bond acceptors (Lipinski definition) is 2. The summed E-state index contributed by atoms with van der Waals surface area (Å²) < 4.78 is 0. The third-order valence-electron chi connectivity index (χ3n) is 4.41. The molecule has 0 atom stereocenters. The average molecular weight is 272 g/mol. The minimum atomic E-state index is 0.972. The van der Waals surface area contributed by atoms with Crippen LogP contribution in [0.15, 0.2) is 24.3 Å². The fraction of sp³-hybridized carbons (Fsp3) is 0.667. The summed E-state index contributed by atoms with van der Waals surface area (Å²) in [5.41, 5.74) is 2.84. The summed E-state index contributed by atoms with van der Waals surface area (Å²) in [6.07, 6.45) is 6.98. The van der Waals surface area contributed by atoms with Gasteiger partial charge in [-0.1, -0.05) is 19.1 Å². The van der Waals surface area contributed by atoms with Crippen LogP contribution in [-0.2, 0) is 6.54 Å². The summed E-state index contributed by atoms with van der Waals surface area (Å²) in [5, 5.41) is 3.47. The van der Waals surface area contributed by atoms with Crippen molar-refractivity contribution < 1.29 is 0 Å². The Hall–Kier alpha value is -1.02. The van der Waals surface area contributed by atoms with Gasteiger partial charge in [-0.3, -0.25) is 0 Å². The lowest BCUT2D eigenvalue weighted by Crippen LogP contribution is -2.28. The summed E-state index contributed by atoms with van der Waals surface area (Å²) in [6.45, 7) is 6.88. The first kappa shape index (κ1) is 13.9. The Morgan fingerprint density at radius 2 is 1.60 bits per heavy atom. The fourth-order valence-electron chi connectivity index (χ4n) is 2.74. The molecule has 1 aromatic rings. The van der Waals surface area contributed by atoms with Crippen LogP contribution in [0.25, 0.3) is 0 Å². The number of nitrogens with zero attached hydrogens (tertiary/aromatic N) is 1. The normalized spacial score (nSPS) is 18.2. The maximum Gasteiger partial charge on any atom is 0.0366 e. The van der Waals surface area contributed by atoms with Crippen LogP contribution in [0, 0.1) is 11.8 Å². The summed E-state index contributed by atoms with van der Waals surface area (Å²) in [4.78, 5) is 2.64. The molecule has 0 aromatic heterocycles. The third kappa shape index (κ3) is 4.24. The average Bonchev–Trinajstić information content (AvgIpc) is 3.35. The molecule has 110 valence electrons. The first-order valence-corrected chi connectivity index (χ1v) is 8.39. The molecule has 2 aliphatic rings. The number of hydrogen-bond donors (Lipinski definition) is 1. The summed E-state index contributed by atoms with van der Waals surface area (Å²) in [7, 11) is 0. The van der Waals surface area contributed by atoms with Gasteiger partial charge in [-0.05, 0) is 68.2 Å². The van der Waals surface area contributed by atoms with E-state index in [1.54, 1.807) is 0 Å². The highest BCUT2D eigenvalue weighted by Crippen LogP contribution is 2.35. The molecule has 2 fully saturated rings. The Morgan fingerprint density at radius 3 is 2.10 bits per heavy atom. The van der Waals surface area contributed by atoms with Gasteiger partial charge in [-0.2, -0.15) is 0 Å². The molecule has 0 unspecified atom stereocenters. The molecule has 2 nitrogen and oxygen atoms in total. The van der Waals surface area contributed by atoms with E-state index >= 15 is 0 Å². The third-order valence-corrected chi connectivity index (χ3v) is 4.41. The molecule has 2 aliphatic carbocycles. The van der Waals surface area contributed by atoms with Gasteiger partial charge in [0, 0.05) is 25.3 Å². The lowest BCUT2D eigenvalue weighted by molar-refractivity contribution is 0.672. The van der Waals surface area contributed by atoms with Crippen molar-refractivity contribution in [2.45, 2.75) is 45.6 Å². The SMILES string of the molecule is CCCNCc1ccc(N(CC2CC2)CC2CC2)cc1. The molecule has 0 aliphatic heterocycles. The van der Waals surface area contributed by atoms with Crippen molar-refractivity contribution in [2.24, 2.45) is 11.8 Å². The highest BCUT2D eigenvalue weighted by Gasteiger charge is 2.29. The van der Waals surface area contributed by atoms with Gasteiger partial charge in [0.15, 0.2) is 0 Å². The van der Waals surface area contributed by atoms with Gasteiger partial charge >= 0.3 is 0 Å². The first-order chi connectivity index (χ1) is 9.85. The van der Waals surface area contributed by atoms with Gasteiger partial charge in [0.1, 0.15) is 0 Å². The first-order valence-electron chi connectivity index (χ1n) is 8.39. The number of benzene rings is 1. The van der Waals surface area contributed by atoms with Gasteiger partial charge in [-0.15, -0.1) is 0 Å². The van der Waals surface area contributed by atoms with Crippen LogP contribution in [0.5, 0.6) is 0 Å². The van der Waals surface area contributed by atoms with Crippen LogP contribution in [0.2, 0.25) is 0 Å². The molecule has 0 spiro atoms. The van der Waals surface area contributed by atoms with E-state index < -0.39 is 0 Å². The maximum absolute atomic E-state index is 3.47. The van der Waals surface area contributed by atoms with Crippen molar-refractivity contribution in [1.82, 2.24) is 5.32 Å². The standard InChI is InChI=1S/C18H28N2/c1-2-11-19-12-15-7-9-18(10-8-15)20(13-16-3-4-16)14-17-5-6-17/h7-10,16-17,19H,2-6,11-14H2,1H3. The van der Waals surface area contributed by atoms with Gasteiger partial charge < -0.3 is 10.2 Å². The molecule has 2 saturated carbocycles. The molecule has 1 aromatic carbocycles. The lowest BCUT2D eigenvalue weighted by atomic mass is 10.1. The van der Waals surface area contributed by atoms with Gasteiger partial charge in [0.25, 0.3) is 0 Å². The van der Waals surface area contributed by atoms with Gasteiger partial charge in [0.2, 0.25) is 0 Å². The smallest absolute Gasteiger partial charge is 0.0366 e. The zero-order valence-corrected chi connectivity index (χ0v) is 12.8. The van der Waals surface area contributed by atoms with E-state index in [-0.39, 0.29) is 0 Å². The zero-order valence-electron chi connectivity index (χ0n) is 12.8. The second-order valence-electron chi connectivity index (χ2n) is 6.63. The predicted octanol–water partition coefficient (Wildman–Crippen LogP) is 3.81. The molecule has 1 N–H and O–H groups in total. The molecule has 3 rings (SSSR count). The topological polar surface area (TPSA) is 15.3 Å². The van der Waals surface area contributed by atoms with E-state index in [0.29, 0.717) is 0 Å². The molecule has 0 heterocycles. The molecule has 0 saturated heterocycles. The maximum atomic E-state index is 3.47. The van der Waals surface area contributed by atoms with E-state index in [9.17, 15) is 0 Å². The molecule has 0 radical (unpaired) electrons. The van der Waals surface area contributed by atoms with Crippen molar-refractivity contribution >= 4 is 5.69 Å². The van der Waals surface area contributed by atoms with Crippen molar-refractivity contribution in [3.63, 3.8) is 0 Å². The molecular formula is C18H28N2. The summed E-state index contributed by atoms with van der Waals surface area (Å²) >= 11 is 0. The van der Waals surface area contributed by atoms with Crippen LogP contribution < -0.4 is 10.2 Å². The minimum Gasteiger partial charge on any atom is -0.371 e. The van der Waals surface area contributed by atoms with Crippen LogP contribution >= 0.6 is 0 Å². The number of anilines is 1. The number of nitrogens with one attached hydrogen (secondary N) is 1. The van der Waals surface area contributed by atoms with Gasteiger partial charge in [0.05, 0.1) is 0 Å². The predicted molar refractivity (Wildman–Crippen MR) is 86.1 cm³/mol. The minimum absolute atomic E-state index is 0.972. The largest absolute Gasteiger partial charge is 0.371 e. The fourth-order valence-corrected chi connectivity index (χ4v) is 2.74. The Labute approximate surface area is 123 Å². The van der Waals surface area contributed by atoms with Crippen LogP contribution in [0.1, 0.15) is 44.6 Å². The molecule has 2 heteroatoms. The lowest BCUT2D eigenvalue weighted by Gasteiger charge is -2.25. The highest BCUT2D eigenvalue weighted by atomic mass is 15.1. The van der Waals surface area contributed by atoms with Crippen LogP contribution in [0.4, 0.5) is 5.69 Å². The van der Waals surface area contributed by atoms with Crippen molar-refractivity contribution in [1.29, 1.82) is 0 Å². The van der Waals surface area contributed by atoms with E-state index in [4.69, 9.17) is 0 Å². The zero-order chi connectivity index (χ0) is 13.8. The van der Waals surface area contributed by atoms with Crippen LogP contribution in [-0.4, -0.2) is 19.6 Å². The monoisotopic (exact) mass is 272 g/mol. The summed E-state index contributed by atoms with van der Waals surface area (Å²) in [6, 6.07) is 9.25. The van der Waals surface area contributed by atoms with E-state index in [1.807, 2.05) is 0 Å². The highest BCUT2D eigenvalue weighted by molar-refractivity contribution is 5.48. The van der Waals surface area contributed by atoms with Crippen LogP contribution in [0.3, 0.4) is 0 Å². The molecule has 0 amide bonds. The van der Waals surface area contributed by atoms with E-state index in [2.05, 4.69) is 41.4 Å². The Bertz CT molecular complexity index is 390. The Balaban J connectivity index is 1.57. The summed E-state index contributed by atoms with van der Waals surface area (Å²) in [5.74, 6) is 1.94. The van der Waals surface area contributed by atoms with Gasteiger partial charge in [-0.25, -0.2) is 0 Å². The second kappa shape index (κ2) is 6.62. The molecule has 0 bridgehead atoms. The molecular weight excluding hydrogens is 244 g/mol. The second-order valence-corrected chi connectivity index (χ2v) is 6.63. The molecule has 20 heavy (non-hydrogen) atoms. The Morgan fingerprint density at radius 1 is 1.00 bits per heavy atom. The van der Waals surface area contributed by atoms with Crippen molar-refractivity contribution in [3.8, 4) is 0 Å². The Kier molecular flexibility index (Phi) is 4.62. The van der Waals surface area contributed by atoms with E-state index in [0.717, 1.165) is 24.9 Å². The van der Waals surface area contributed by atoms with E-state index in [1.165, 1.54) is 56.4 Å². The number of rotatable bonds is 9.